The fourth-order valence-electron chi connectivity index (χ4n) is 2.61. The maximum atomic E-state index is 12.1. The number of rotatable bonds is 6. The summed E-state index contributed by atoms with van der Waals surface area (Å²) in [5.41, 5.74) is 0. The van der Waals surface area contributed by atoms with Crippen molar-refractivity contribution in [2.24, 2.45) is 0 Å². The molecule has 116 valence electrons. The molecule has 5 nitrogen and oxygen atoms in total. The van der Waals surface area contributed by atoms with Gasteiger partial charge >= 0.3 is 0 Å². The fourth-order valence-corrected chi connectivity index (χ4v) is 3.32. The normalized spacial score (nSPS) is 18.7. The molecule has 0 radical (unpaired) electrons. The summed E-state index contributed by atoms with van der Waals surface area (Å²) in [5, 5.41) is 4.98. The molecule has 0 aromatic carbocycles. The highest BCUT2D eigenvalue weighted by molar-refractivity contribution is 7.09. The lowest BCUT2D eigenvalue weighted by atomic mass is 10.2. The molecule has 0 bridgehead atoms. The minimum absolute atomic E-state index is 0.00464. The number of carbonyl (C=O) groups excluding carboxylic acids is 2. The molecule has 1 atom stereocenters. The number of carbonyl (C=O) groups is 2. The van der Waals surface area contributed by atoms with Crippen molar-refractivity contribution in [3.63, 3.8) is 0 Å². The summed E-state index contributed by atoms with van der Waals surface area (Å²) in [5.74, 6) is 0.101. The molecule has 1 aliphatic rings. The van der Waals surface area contributed by atoms with Crippen LogP contribution in [0.25, 0.3) is 0 Å². The second-order valence-electron chi connectivity index (χ2n) is 5.54. The maximum Gasteiger partial charge on any atom is 0.239 e. The highest BCUT2D eigenvalue weighted by Crippen LogP contribution is 2.18. The minimum Gasteiger partial charge on any atom is -0.355 e. The average Bonchev–Trinajstić information content (AvgIpc) is 3.09. The molecular weight excluding hydrogens is 286 g/mol. The number of hydrogen-bond acceptors (Lipinski definition) is 4. The summed E-state index contributed by atoms with van der Waals surface area (Å²) in [6.45, 7) is 1.79. The zero-order chi connectivity index (χ0) is 15.2. The van der Waals surface area contributed by atoms with Crippen molar-refractivity contribution in [2.45, 2.75) is 25.3 Å². The third-order valence-electron chi connectivity index (χ3n) is 3.71. The van der Waals surface area contributed by atoms with Crippen LogP contribution in [0.5, 0.6) is 0 Å². The van der Waals surface area contributed by atoms with Crippen LogP contribution in [0.2, 0.25) is 0 Å². The van der Waals surface area contributed by atoms with Crippen molar-refractivity contribution in [1.29, 1.82) is 0 Å². The lowest BCUT2D eigenvalue weighted by molar-refractivity contribution is -0.134. The van der Waals surface area contributed by atoms with Crippen LogP contribution in [0, 0.1) is 0 Å². The smallest absolute Gasteiger partial charge is 0.239 e. The second kappa shape index (κ2) is 7.56. The molecule has 1 saturated heterocycles. The van der Waals surface area contributed by atoms with Gasteiger partial charge in [-0.15, -0.1) is 11.3 Å². The Morgan fingerprint density at radius 1 is 1.48 bits per heavy atom. The highest BCUT2D eigenvalue weighted by Gasteiger charge is 2.32. The Bertz CT molecular complexity index is 473. The van der Waals surface area contributed by atoms with E-state index < -0.39 is 0 Å². The predicted molar refractivity (Wildman–Crippen MR) is 84.3 cm³/mol. The summed E-state index contributed by atoms with van der Waals surface area (Å²) in [4.78, 5) is 28.9. The van der Waals surface area contributed by atoms with Crippen molar-refractivity contribution < 1.29 is 9.59 Å². The van der Waals surface area contributed by atoms with E-state index in [4.69, 9.17) is 0 Å². The molecule has 1 aliphatic heterocycles. The molecule has 0 spiro atoms. The van der Waals surface area contributed by atoms with Gasteiger partial charge in [0, 0.05) is 25.5 Å². The van der Waals surface area contributed by atoms with Gasteiger partial charge in [0.2, 0.25) is 11.8 Å². The molecule has 1 fully saturated rings. The van der Waals surface area contributed by atoms with Crippen LogP contribution < -0.4 is 5.32 Å². The summed E-state index contributed by atoms with van der Waals surface area (Å²) >= 11 is 1.70. The molecule has 1 unspecified atom stereocenters. The lowest BCUT2D eigenvalue weighted by Crippen LogP contribution is -2.46. The van der Waals surface area contributed by atoms with Crippen LogP contribution in [-0.2, 0) is 16.0 Å². The van der Waals surface area contributed by atoms with Crippen molar-refractivity contribution in [3.8, 4) is 0 Å². The van der Waals surface area contributed by atoms with E-state index in [0.29, 0.717) is 13.1 Å². The van der Waals surface area contributed by atoms with Gasteiger partial charge in [0.1, 0.15) is 0 Å². The van der Waals surface area contributed by atoms with Crippen LogP contribution in [0.3, 0.4) is 0 Å². The van der Waals surface area contributed by atoms with E-state index in [9.17, 15) is 9.59 Å². The number of nitrogens with zero attached hydrogens (tertiary/aromatic N) is 2. The van der Waals surface area contributed by atoms with Crippen LogP contribution in [0.15, 0.2) is 17.5 Å². The highest BCUT2D eigenvalue weighted by atomic mass is 32.1. The van der Waals surface area contributed by atoms with Crippen LogP contribution in [0.4, 0.5) is 0 Å². The number of likely N-dealkylation sites (N-methyl/N-ethyl adjacent to an activating group) is 1. The lowest BCUT2D eigenvalue weighted by Gasteiger charge is -2.25. The quantitative estimate of drug-likeness (QED) is 0.851. The Balaban J connectivity index is 1.75. The van der Waals surface area contributed by atoms with Gasteiger partial charge in [-0.25, -0.2) is 0 Å². The molecule has 2 amide bonds. The summed E-state index contributed by atoms with van der Waals surface area (Å²) < 4.78 is 0. The zero-order valence-corrected chi connectivity index (χ0v) is 13.5. The number of hydrogen-bond donors (Lipinski definition) is 1. The van der Waals surface area contributed by atoms with Gasteiger partial charge in [-0.1, -0.05) is 6.07 Å². The van der Waals surface area contributed by atoms with Crippen LogP contribution >= 0.6 is 11.3 Å². The minimum atomic E-state index is -0.136. The van der Waals surface area contributed by atoms with E-state index >= 15 is 0 Å². The molecule has 1 N–H and O–H groups in total. The Labute approximate surface area is 129 Å². The van der Waals surface area contributed by atoms with Crippen molar-refractivity contribution in [3.05, 3.63) is 22.4 Å². The topological polar surface area (TPSA) is 52.7 Å². The van der Waals surface area contributed by atoms with Gasteiger partial charge in [-0.3, -0.25) is 14.5 Å². The van der Waals surface area contributed by atoms with Gasteiger partial charge in [0.05, 0.1) is 12.6 Å². The van der Waals surface area contributed by atoms with Crippen LogP contribution in [-0.4, -0.2) is 61.4 Å². The van der Waals surface area contributed by atoms with Gasteiger partial charge in [0.25, 0.3) is 0 Å². The van der Waals surface area contributed by atoms with Gasteiger partial charge < -0.3 is 10.2 Å². The zero-order valence-electron chi connectivity index (χ0n) is 12.7. The molecule has 2 rings (SSSR count). The monoisotopic (exact) mass is 309 g/mol. The largest absolute Gasteiger partial charge is 0.355 e. The molecule has 6 heteroatoms. The first-order chi connectivity index (χ1) is 10.1. The molecule has 2 heterocycles. The Hall–Kier alpha value is -1.40. The summed E-state index contributed by atoms with van der Waals surface area (Å²) in [7, 11) is 3.53. The number of thiophene rings is 1. The standard InChI is InChI=1S/C15H23N3O2S/c1-17(2)15(20)13-6-3-9-18(13)11-14(19)16-8-7-12-5-4-10-21-12/h4-5,10,13H,3,6-9,11H2,1-2H3,(H,16,19). The van der Waals surface area contributed by atoms with Crippen molar-refractivity contribution in [2.75, 3.05) is 33.7 Å². The molecule has 1 aromatic heterocycles. The van der Waals surface area contributed by atoms with Crippen molar-refractivity contribution >= 4 is 23.2 Å². The Morgan fingerprint density at radius 3 is 2.95 bits per heavy atom. The van der Waals surface area contributed by atoms with E-state index in [1.165, 1.54) is 4.88 Å². The molecular formula is C15H23N3O2S. The molecule has 0 saturated carbocycles. The Kier molecular flexibility index (Phi) is 5.76. The maximum absolute atomic E-state index is 12.1. The molecule has 21 heavy (non-hydrogen) atoms. The van der Waals surface area contributed by atoms with E-state index in [1.807, 2.05) is 16.3 Å². The van der Waals surface area contributed by atoms with Gasteiger partial charge in [0.15, 0.2) is 0 Å². The third kappa shape index (κ3) is 4.54. The number of amides is 2. The number of likely N-dealkylation sites (tertiary alicyclic amines) is 1. The fraction of sp³-hybridized carbons (Fsp3) is 0.600. The predicted octanol–water partition coefficient (Wildman–Crippen LogP) is 0.959. The van der Waals surface area contributed by atoms with Gasteiger partial charge in [-0.05, 0) is 37.3 Å². The van der Waals surface area contributed by atoms with Crippen LogP contribution in [0.1, 0.15) is 17.7 Å². The van der Waals surface area contributed by atoms with Gasteiger partial charge in [-0.2, -0.15) is 0 Å². The third-order valence-corrected chi connectivity index (χ3v) is 4.65. The molecule has 0 aliphatic carbocycles. The van der Waals surface area contributed by atoms with Crippen molar-refractivity contribution in [1.82, 2.24) is 15.1 Å². The first-order valence-corrected chi connectivity index (χ1v) is 8.20. The first kappa shape index (κ1) is 16.0. The summed E-state index contributed by atoms with van der Waals surface area (Å²) in [6, 6.07) is 3.95. The second-order valence-corrected chi connectivity index (χ2v) is 6.57. The first-order valence-electron chi connectivity index (χ1n) is 7.32. The average molecular weight is 309 g/mol. The van der Waals surface area contributed by atoms with E-state index in [-0.39, 0.29) is 17.9 Å². The van der Waals surface area contributed by atoms with E-state index in [2.05, 4.69) is 11.4 Å². The van der Waals surface area contributed by atoms with E-state index in [1.54, 1.807) is 30.3 Å². The molecule has 1 aromatic rings. The SMILES string of the molecule is CN(C)C(=O)C1CCCN1CC(=O)NCCc1cccs1. The Morgan fingerprint density at radius 2 is 2.29 bits per heavy atom. The summed E-state index contributed by atoms with van der Waals surface area (Å²) in [6.07, 6.45) is 2.69. The van der Waals surface area contributed by atoms with E-state index in [0.717, 1.165) is 25.8 Å². The number of nitrogens with one attached hydrogen (secondary N) is 1.